The van der Waals surface area contributed by atoms with E-state index in [-0.39, 0.29) is 12.1 Å². The number of hydrogen-bond donors (Lipinski definition) is 1. The van der Waals surface area contributed by atoms with Crippen LogP contribution in [0.1, 0.15) is 33.3 Å². The van der Waals surface area contributed by atoms with Gasteiger partial charge in [-0.2, -0.15) is 10.4 Å². The summed E-state index contributed by atoms with van der Waals surface area (Å²) in [6.07, 6.45) is 4.82. The SMILES string of the molecule is CCOc1cc(-c2ccc(N3C[C@@H]4C(NC(=O)OC(C)(C)C)[C@@H]4C3)nc2)c2c(C#N)cnn2c1. The van der Waals surface area contributed by atoms with Gasteiger partial charge < -0.3 is 19.7 Å². The molecule has 1 aliphatic carbocycles. The first-order chi connectivity index (χ1) is 16.3. The molecule has 1 unspecified atom stereocenters. The number of alkyl carbamates (subject to hydrolysis) is 1. The molecule has 9 heteroatoms. The quantitative estimate of drug-likeness (QED) is 0.620. The smallest absolute Gasteiger partial charge is 0.407 e. The molecule has 1 aliphatic heterocycles. The van der Waals surface area contributed by atoms with E-state index in [2.05, 4.69) is 21.4 Å². The molecule has 5 rings (SSSR count). The average Bonchev–Trinajstić information content (AvgIpc) is 3.14. The fourth-order valence-electron chi connectivity index (χ4n) is 4.75. The summed E-state index contributed by atoms with van der Waals surface area (Å²) < 4.78 is 12.7. The zero-order valence-electron chi connectivity index (χ0n) is 19.8. The Bertz CT molecular complexity index is 1260. The van der Waals surface area contributed by atoms with Crippen LogP contribution in [0.25, 0.3) is 16.6 Å². The highest BCUT2D eigenvalue weighted by molar-refractivity contribution is 5.85. The number of amides is 1. The van der Waals surface area contributed by atoms with E-state index in [1.165, 1.54) is 0 Å². The molecule has 34 heavy (non-hydrogen) atoms. The fraction of sp³-hybridized carbons (Fsp3) is 0.440. The molecule has 0 spiro atoms. The van der Waals surface area contributed by atoms with Crippen LogP contribution in [-0.2, 0) is 4.74 Å². The topological polar surface area (TPSA) is 105 Å². The van der Waals surface area contributed by atoms with Crippen LogP contribution in [-0.4, -0.2) is 52.0 Å². The van der Waals surface area contributed by atoms with Crippen LogP contribution in [0.4, 0.5) is 10.6 Å². The number of carbonyl (C=O) groups is 1. The number of carbonyl (C=O) groups excluding carboxylic acids is 1. The summed E-state index contributed by atoms with van der Waals surface area (Å²) >= 11 is 0. The third kappa shape index (κ3) is 4.12. The number of anilines is 1. The van der Waals surface area contributed by atoms with Gasteiger partial charge in [0.15, 0.2) is 0 Å². The maximum absolute atomic E-state index is 12.1. The van der Waals surface area contributed by atoms with Crippen LogP contribution < -0.4 is 15.0 Å². The molecule has 3 aromatic heterocycles. The minimum Gasteiger partial charge on any atom is -0.492 e. The van der Waals surface area contributed by atoms with Crippen LogP contribution in [0.15, 0.2) is 36.8 Å². The third-order valence-electron chi connectivity index (χ3n) is 6.28. The first-order valence-electron chi connectivity index (χ1n) is 11.5. The fourth-order valence-corrected chi connectivity index (χ4v) is 4.75. The second-order valence-electron chi connectivity index (χ2n) is 9.80. The first kappa shape index (κ1) is 22.0. The molecule has 3 aromatic rings. The predicted octanol–water partition coefficient (Wildman–Crippen LogP) is 3.63. The summed E-state index contributed by atoms with van der Waals surface area (Å²) in [7, 11) is 0. The van der Waals surface area contributed by atoms with Crippen molar-refractivity contribution in [1.29, 1.82) is 5.26 Å². The van der Waals surface area contributed by atoms with Gasteiger partial charge in [-0.25, -0.2) is 14.3 Å². The van der Waals surface area contributed by atoms with Crippen LogP contribution in [0.3, 0.4) is 0 Å². The monoisotopic (exact) mass is 460 g/mol. The number of nitriles is 1. The predicted molar refractivity (Wildman–Crippen MR) is 127 cm³/mol. The first-order valence-corrected chi connectivity index (χ1v) is 11.5. The van der Waals surface area contributed by atoms with Gasteiger partial charge in [-0.05, 0) is 45.9 Å². The van der Waals surface area contributed by atoms with Crippen molar-refractivity contribution in [2.45, 2.75) is 39.3 Å². The van der Waals surface area contributed by atoms with Crippen LogP contribution >= 0.6 is 0 Å². The van der Waals surface area contributed by atoms with E-state index in [0.717, 1.165) is 35.6 Å². The Morgan fingerprint density at radius 3 is 2.65 bits per heavy atom. The third-order valence-corrected chi connectivity index (χ3v) is 6.28. The standard InChI is InChI=1S/C25H28N6O3/c1-5-33-17-8-18(23-16(9-26)11-28-31(23)12-17)15-6-7-21(27-10-15)30-13-19-20(14-30)22(19)29-24(32)34-25(2,3)4/h6-8,10-12,19-20,22H,5,13-14H2,1-4H3,(H,29,32)/t19-,20+,22?. The van der Waals surface area contributed by atoms with E-state index in [4.69, 9.17) is 14.5 Å². The van der Waals surface area contributed by atoms with Crippen molar-refractivity contribution in [2.75, 3.05) is 24.6 Å². The highest BCUT2D eigenvalue weighted by Crippen LogP contribution is 2.46. The number of aromatic nitrogens is 3. The zero-order chi connectivity index (χ0) is 24.0. The van der Waals surface area contributed by atoms with E-state index < -0.39 is 5.60 Å². The Morgan fingerprint density at radius 1 is 1.26 bits per heavy atom. The van der Waals surface area contributed by atoms with Crippen molar-refractivity contribution in [3.63, 3.8) is 0 Å². The number of nitrogens with zero attached hydrogens (tertiary/aromatic N) is 5. The lowest BCUT2D eigenvalue weighted by Crippen LogP contribution is -2.38. The number of ether oxygens (including phenoxy) is 2. The Hall–Kier alpha value is -3.80. The van der Waals surface area contributed by atoms with Gasteiger partial charge >= 0.3 is 6.09 Å². The number of hydrogen-bond acceptors (Lipinski definition) is 7. The van der Waals surface area contributed by atoms with Crippen molar-refractivity contribution in [2.24, 2.45) is 11.8 Å². The maximum Gasteiger partial charge on any atom is 0.407 e. The van der Waals surface area contributed by atoms with Gasteiger partial charge in [-0.3, -0.25) is 0 Å². The molecule has 176 valence electrons. The molecule has 2 fully saturated rings. The number of piperidine rings is 1. The van der Waals surface area contributed by atoms with E-state index in [1.807, 2.05) is 52.1 Å². The van der Waals surface area contributed by atoms with E-state index in [0.29, 0.717) is 29.8 Å². The van der Waals surface area contributed by atoms with Gasteiger partial charge in [0, 0.05) is 48.3 Å². The lowest BCUT2D eigenvalue weighted by atomic mass is 10.1. The number of nitrogens with one attached hydrogen (secondary N) is 1. The summed E-state index contributed by atoms with van der Waals surface area (Å²) in [6, 6.07) is 8.33. The molecule has 2 aliphatic rings. The van der Waals surface area contributed by atoms with E-state index >= 15 is 0 Å². The van der Waals surface area contributed by atoms with Crippen LogP contribution in [0.2, 0.25) is 0 Å². The van der Waals surface area contributed by atoms with Crippen molar-refractivity contribution in [1.82, 2.24) is 19.9 Å². The molecule has 1 saturated carbocycles. The van der Waals surface area contributed by atoms with Gasteiger partial charge in [-0.1, -0.05) is 0 Å². The number of pyridine rings is 2. The summed E-state index contributed by atoms with van der Waals surface area (Å²) in [6.45, 7) is 9.76. The number of rotatable bonds is 5. The molecular weight excluding hydrogens is 432 g/mol. The second-order valence-corrected chi connectivity index (χ2v) is 9.80. The van der Waals surface area contributed by atoms with Gasteiger partial charge in [0.25, 0.3) is 0 Å². The second kappa shape index (κ2) is 8.20. The molecule has 4 heterocycles. The van der Waals surface area contributed by atoms with Crippen LogP contribution in [0, 0.1) is 23.2 Å². The summed E-state index contributed by atoms with van der Waals surface area (Å²) in [5.41, 5.74) is 2.49. The molecule has 1 saturated heterocycles. The van der Waals surface area contributed by atoms with Crippen molar-refractivity contribution >= 4 is 17.4 Å². The lowest BCUT2D eigenvalue weighted by Gasteiger charge is -2.23. The molecule has 0 radical (unpaired) electrons. The van der Waals surface area contributed by atoms with Gasteiger partial charge in [0.1, 0.15) is 23.2 Å². The highest BCUT2D eigenvalue weighted by Gasteiger charge is 2.57. The van der Waals surface area contributed by atoms with Gasteiger partial charge in [-0.15, -0.1) is 0 Å². The summed E-state index contributed by atoms with van der Waals surface area (Å²) in [5.74, 6) is 2.42. The van der Waals surface area contributed by atoms with Crippen molar-refractivity contribution < 1.29 is 14.3 Å². The molecular formula is C25H28N6O3. The molecule has 1 N–H and O–H groups in total. The molecule has 1 amide bonds. The minimum absolute atomic E-state index is 0.172. The van der Waals surface area contributed by atoms with E-state index in [1.54, 1.807) is 16.9 Å². The normalized spacial score (nSPS) is 21.1. The van der Waals surface area contributed by atoms with Gasteiger partial charge in [0.05, 0.1) is 30.1 Å². The van der Waals surface area contributed by atoms with E-state index in [9.17, 15) is 10.1 Å². The highest BCUT2D eigenvalue weighted by atomic mass is 16.6. The molecule has 9 nitrogen and oxygen atoms in total. The summed E-state index contributed by atoms with van der Waals surface area (Å²) in [4.78, 5) is 19.0. The van der Waals surface area contributed by atoms with Crippen molar-refractivity contribution in [3.8, 4) is 22.9 Å². The Kier molecular flexibility index (Phi) is 5.31. The zero-order valence-corrected chi connectivity index (χ0v) is 19.8. The minimum atomic E-state index is -0.496. The van der Waals surface area contributed by atoms with Crippen LogP contribution in [0.5, 0.6) is 5.75 Å². The maximum atomic E-state index is 12.1. The molecule has 0 bridgehead atoms. The number of fused-ring (bicyclic) bond motifs is 2. The van der Waals surface area contributed by atoms with Gasteiger partial charge in [0.2, 0.25) is 0 Å². The Balaban J connectivity index is 1.30. The molecule has 3 atom stereocenters. The Labute approximate surface area is 198 Å². The Morgan fingerprint density at radius 2 is 2.03 bits per heavy atom. The average molecular weight is 461 g/mol. The largest absolute Gasteiger partial charge is 0.492 e. The lowest BCUT2D eigenvalue weighted by molar-refractivity contribution is 0.0518. The molecule has 0 aromatic carbocycles. The summed E-state index contributed by atoms with van der Waals surface area (Å²) in [5, 5.41) is 16.8. The van der Waals surface area contributed by atoms with Crippen molar-refractivity contribution in [3.05, 3.63) is 42.4 Å².